The largest absolute Gasteiger partial charge is 0.457 e. The van der Waals surface area contributed by atoms with Crippen molar-refractivity contribution >= 4 is 26.7 Å². The second-order valence-corrected chi connectivity index (χ2v) is 5.67. The molecule has 0 saturated heterocycles. The van der Waals surface area contributed by atoms with E-state index >= 15 is 0 Å². The molecule has 4 aromatic rings. The number of aromatic nitrogens is 4. The molecule has 22 heavy (non-hydrogen) atoms. The summed E-state index contributed by atoms with van der Waals surface area (Å²) in [6.45, 7) is 0. The van der Waals surface area contributed by atoms with Crippen LogP contribution >= 0.6 is 11.3 Å². The van der Waals surface area contributed by atoms with Gasteiger partial charge in [0, 0.05) is 30.7 Å². The van der Waals surface area contributed by atoms with Crippen LogP contribution in [0.5, 0.6) is 11.5 Å². The minimum atomic E-state index is 0.554. The molecule has 0 unspecified atom stereocenters. The number of nitrogens with two attached hydrogens (primary N) is 1. The van der Waals surface area contributed by atoms with E-state index in [1.165, 1.54) is 11.3 Å². The number of ether oxygens (including phenoxy) is 1. The molecule has 0 spiro atoms. The number of hydrogen-bond acceptors (Lipinski definition) is 6. The third-order valence-electron chi connectivity index (χ3n) is 3.10. The van der Waals surface area contributed by atoms with Crippen molar-refractivity contribution in [3.63, 3.8) is 0 Å². The van der Waals surface area contributed by atoms with Crippen LogP contribution in [0.2, 0.25) is 0 Å². The first-order valence-electron chi connectivity index (χ1n) is 6.56. The van der Waals surface area contributed by atoms with Crippen LogP contribution in [0.25, 0.3) is 16.0 Å². The van der Waals surface area contributed by atoms with Gasteiger partial charge in [-0.25, -0.2) is 15.0 Å². The molecule has 3 aromatic heterocycles. The highest BCUT2D eigenvalue weighted by Gasteiger charge is 2.05. The molecule has 0 radical (unpaired) electrons. The highest BCUT2D eigenvalue weighted by Crippen LogP contribution is 2.30. The van der Waals surface area contributed by atoms with E-state index in [9.17, 15) is 0 Å². The summed E-state index contributed by atoms with van der Waals surface area (Å²) in [6, 6.07) is 9.37. The van der Waals surface area contributed by atoms with Gasteiger partial charge in [-0.1, -0.05) is 11.3 Å². The Hall–Kier alpha value is -2.93. The second kappa shape index (κ2) is 5.12. The zero-order valence-corrected chi connectivity index (χ0v) is 12.2. The fourth-order valence-corrected chi connectivity index (χ4v) is 2.88. The topological polar surface area (TPSA) is 78.9 Å². The van der Waals surface area contributed by atoms with Crippen LogP contribution in [-0.4, -0.2) is 19.5 Å². The molecule has 2 N–H and O–H groups in total. The summed E-state index contributed by atoms with van der Waals surface area (Å²) in [6.07, 6.45) is 6.93. The van der Waals surface area contributed by atoms with Crippen molar-refractivity contribution in [2.45, 2.75) is 0 Å². The molecule has 0 atom stereocenters. The van der Waals surface area contributed by atoms with Gasteiger partial charge in [0.2, 0.25) is 0 Å². The number of thiazole rings is 1. The standard InChI is InChI=1S/C15H11N5OS/c16-15-19-12-2-1-10(7-13(12)22-15)21-11-3-4-18-14(8-11)20-6-5-17-9-20/h1-9H,(H2,16,19). The second-order valence-electron chi connectivity index (χ2n) is 4.60. The molecule has 4 rings (SSSR count). The highest BCUT2D eigenvalue weighted by molar-refractivity contribution is 7.22. The molecule has 0 fully saturated rings. The molecule has 0 saturated carbocycles. The molecule has 1 aromatic carbocycles. The Balaban J connectivity index is 1.65. The lowest BCUT2D eigenvalue weighted by Crippen LogP contribution is -1.94. The van der Waals surface area contributed by atoms with Gasteiger partial charge in [0.15, 0.2) is 5.13 Å². The van der Waals surface area contributed by atoms with Crippen molar-refractivity contribution in [1.29, 1.82) is 0 Å². The Bertz CT molecular complexity index is 932. The Morgan fingerprint density at radius 2 is 2.00 bits per heavy atom. The maximum absolute atomic E-state index is 5.90. The molecule has 7 heteroatoms. The van der Waals surface area contributed by atoms with Crippen LogP contribution in [0.1, 0.15) is 0 Å². The minimum absolute atomic E-state index is 0.554. The van der Waals surface area contributed by atoms with E-state index in [4.69, 9.17) is 10.5 Å². The van der Waals surface area contributed by atoms with E-state index in [-0.39, 0.29) is 0 Å². The zero-order valence-electron chi connectivity index (χ0n) is 11.4. The lowest BCUT2D eigenvalue weighted by molar-refractivity contribution is 0.482. The van der Waals surface area contributed by atoms with Gasteiger partial charge in [-0.15, -0.1) is 0 Å². The summed E-state index contributed by atoms with van der Waals surface area (Å²) >= 11 is 1.44. The van der Waals surface area contributed by atoms with Gasteiger partial charge in [-0.2, -0.15) is 0 Å². The number of benzene rings is 1. The van der Waals surface area contributed by atoms with E-state index in [0.717, 1.165) is 21.8 Å². The predicted molar refractivity (Wildman–Crippen MR) is 85.5 cm³/mol. The summed E-state index contributed by atoms with van der Waals surface area (Å²) < 4.78 is 8.72. The smallest absolute Gasteiger partial charge is 0.181 e. The maximum atomic E-state index is 5.90. The third-order valence-corrected chi connectivity index (χ3v) is 3.95. The normalized spacial score (nSPS) is 10.9. The first-order valence-corrected chi connectivity index (χ1v) is 7.38. The SMILES string of the molecule is Nc1nc2ccc(Oc3ccnc(-n4ccnc4)c3)cc2s1. The van der Waals surface area contributed by atoms with Gasteiger partial charge in [0.1, 0.15) is 23.6 Å². The molecule has 0 amide bonds. The lowest BCUT2D eigenvalue weighted by Gasteiger charge is -2.07. The summed E-state index contributed by atoms with van der Waals surface area (Å²) in [5.74, 6) is 2.19. The molecule has 6 nitrogen and oxygen atoms in total. The first-order chi connectivity index (χ1) is 10.8. The van der Waals surface area contributed by atoms with E-state index in [0.29, 0.717) is 10.9 Å². The van der Waals surface area contributed by atoms with E-state index in [1.807, 2.05) is 41.1 Å². The molecule has 3 heterocycles. The summed E-state index contributed by atoms with van der Waals surface area (Å²) in [4.78, 5) is 12.5. The maximum Gasteiger partial charge on any atom is 0.181 e. The fraction of sp³-hybridized carbons (Fsp3) is 0. The fourth-order valence-electron chi connectivity index (χ4n) is 2.12. The number of pyridine rings is 1. The van der Waals surface area contributed by atoms with E-state index < -0.39 is 0 Å². The summed E-state index contributed by atoms with van der Waals surface area (Å²) in [7, 11) is 0. The van der Waals surface area contributed by atoms with Crippen molar-refractivity contribution in [1.82, 2.24) is 19.5 Å². The molecular weight excluding hydrogens is 298 g/mol. The van der Waals surface area contributed by atoms with E-state index in [1.54, 1.807) is 18.7 Å². The van der Waals surface area contributed by atoms with Crippen molar-refractivity contribution in [2.24, 2.45) is 0 Å². The van der Waals surface area contributed by atoms with Gasteiger partial charge < -0.3 is 10.5 Å². The van der Waals surface area contributed by atoms with Gasteiger partial charge in [-0.05, 0) is 18.2 Å². The van der Waals surface area contributed by atoms with E-state index in [2.05, 4.69) is 15.0 Å². The Morgan fingerprint density at radius 3 is 2.86 bits per heavy atom. The number of imidazole rings is 1. The predicted octanol–water partition coefficient (Wildman–Crippen LogP) is 3.25. The van der Waals surface area contributed by atoms with Gasteiger partial charge in [0.25, 0.3) is 0 Å². The quantitative estimate of drug-likeness (QED) is 0.628. The summed E-state index contributed by atoms with van der Waals surface area (Å²) in [5.41, 5.74) is 6.60. The Labute approximate surface area is 129 Å². The van der Waals surface area contributed by atoms with Crippen LogP contribution in [0, 0.1) is 0 Å². The van der Waals surface area contributed by atoms with Gasteiger partial charge in [0.05, 0.1) is 10.2 Å². The van der Waals surface area contributed by atoms with Crippen LogP contribution in [-0.2, 0) is 0 Å². The molecule has 0 bridgehead atoms. The minimum Gasteiger partial charge on any atom is -0.457 e. The number of hydrogen-bond donors (Lipinski definition) is 1. The van der Waals surface area contributed by atoms with Crippen molar-refractivity contribution < 1.29 is 4.74 Å². The highest BCUT2D eigenvalue weighted by atomic mass is 32.1. The molecule has 0 aliphatic carbocycles. The van der Waals surface area contributed by atoms with Gasteiger partial charge in [-0.3, -0.25) is 4.57 Å². The Kier molecular flexibility index (Phi) is 2.97. The molecule has 108 valence electrons. The number of rotatable bonds is 3. The monoisotopic (exact) mass is 309 g/mol. The van der Waals surface area contributed by atoms with Crippen molar-refractivity contribution in [2.75, 3.05) is 5.73 Å². The van der Waals surface area contributed by atoms with Gasteiger partial charge >= 0.3 is 0 Å². The molecular formula is C15H11N5OS. The Morgan fingerprint density at radius 1 is 1.09 bits per heavy atom. The van der Waals surface area contributed by atoms with Crippen LogP contribution < -0.4 is 10.5 Å². The van der Waals surface area contributed by atoms with Crippen molar-refractivity contribution in [3.8, 4) is 17.3 Å². The van der Waals surface area contributed by atoms with Crippen LogP contribution in [0.4, 0.5) is 5.13 Å². The van der Waals surface area contributed by atoms with Crippen LogP contribution in [0.15, 0.2) is 55.2 Å². The number of nitrogen functional groups attached to an aromatic ring is 1. The van der Waals surface area contributed by atoms with Crippen LogP contribution in [0.3, 0.4) is 0 Å². The zero-order chi connectivity index (χ0) is 14.9. The lowest BCUT2D eigenvalue weighted by atomic mass is 10.3. The molecule has 0 aliphatic heterocycles. The number of anilines is 1. The average Bonchev–Trinajstić information content (AvgIpc) is 3.15. The summed E-state index contributed by atoms with van der Waals surface area (Å²) in [5, 5.41) is 0.554. The third kappa shape index (κ3) is 2.38. The van der Waals surface area contributed by atoms with Crippen molar-refractivity contribution in [3.05, 3.63) is 55.2 Å². The first kappa shape index (κ1) is 12.8. The number of nitrogens with zero attached hydrogens (tertiary/aromatic N) is 4. The number of fused-ring (bicyclic) bond motifs is 1. The molecule has 0 aliphatic rings. The average molecular weight is 309 g/mol.